The number of nitrogens with zero attached hydrogens (tertiary/aromatic N) is 3. The molecule has 2 aromatic rings. The zero-order valence-corrected chi connectivity index (χ0v) is 10.9. The van der Waals surface area contributed by atoms with Crippen LogP contribution in [0, 0.1) is 10.7 Å². The van der Waals surface area contributed by atoms with E-state index in [9.17, 15) is 9.18 Å². The number of ether oxygens (including phenoxy) is 2. The summed E-state index contributed by atoms with van der Waals surface area (Å²) in [5.74, 6) is -0.362. The Hall–Kier alpha value is -1.87. The van der Waals surface area contributed by atoms with Crippen LogP contribution in [0.15, 0.2) is 6.33 Å². The molecule has 9 heteroatoms. The summed E-state index contributed by atoms with van der Waals surface area (Å²) >= 11 is 4.96. The van der Waals surface area contributed by atoms with E-state index in [1.54, 1.807) is 4.57 Å². The highest BCUT2D eigenvalue weighted by atomic mass is 32.1. The van der Waals surface area contributed by atoms with Gasteiger partial charge in [0.1, 0.15) is 18.9 Å². The molecule has 0 amide bonds. The minimum Gasteiger partial charge on any atom is -0.463 e. The summed E-state index contributed by atoms with van der Waals surface area (Å²) in [6.45, 7) is 1.89. The van der Waals surface area contributed by atoms with Crippen LogP contribution in [0.2, 0.25) is 0 Å². The molecule has 0 aliphatic heterocycles. The molecule has 19 heavy (non-hydrogen) atoms. The topological polar surface area (TPSA) is 82.0 Å². The summed E-state index contributed by atoms with van der Waals surface area (Å²) < 4.78 is 24.7. The van der Waals surface area contributed by atoms with Crippen molar-refractivity contribution in [3.05, 3.63) is 17.0 Å². The van der Waals surface area contributed by atoms with Gasteiger partial charge in [-0.15, -0.1) is 0 Å². The number of imidazole rings is 1. The van der Waals surface area contributed by atoms with Crippen molar-refractivity contribution in [1.29, 1.82) is 0 Å². The monoisotopic (exact) mass is 286 g/mol. The fraction of sp³-hybridized carbons (Fsp3) is 0.400. The van der Waals surface area contributed by atoms with Gasteiger partial charge in [-0.1, -0.05) is 12.2 Å². The summed E-state index contributed by atoms with van der Waals surface area (Å²) in [6, 6.07) is 0. The van der Waals surface area contributed by atoms with Gasteiger partial charge in [-0.05, 0) is 0 Å². The summed E-state index contributed by atoms with van der Waals surface area (Å²) in [6.07, 6.45) is 0.683. The predicted octanol–water partition coefficient (Wildman–Crippen LogP) is 1.17. The van der Waals surface area contributed by atoms with Crippen LogP contribution in [0.25, 0.3) is 11.2 Å². The van der Waals surface area contributed by atoms with E-state index in [0.29, 0.717) is 11.2 Å². The number of aromatic amines is 1. The SMILES string of the molecule is CC(=O)OCCOCn1cnc2[nH]c(F)nc(=S)c21. The van der Waals surface area contributed by atoms with E-state index in [-0.39, 0.29) is 30.6 Å². The summed E-state index contributed by atoms with van der Waals surface area (Å²) in [7, 11) is 0. The second-order valence-electron chi connectivity index (χ2n) is 3.62. The molecule has 0 unspecified atom stereocenters. The van der Waals surface area contributed by atoms with Gasteiger partial charge in [0.2, 0.25) is 0 Å². The van der Waals surface area contributed by atoms with Gasteiger partial charge in [-0.3, -0.25) is 9.78 Å². The third-order valence-corrected chi connectivity index (χ3v) is 2.51. The van der Waals surface area contributed by atoms with Gasteiger partial charge < -0.3 is 14.0 Å². The van der Waals surface area contributed by atoms with Crippen LogP contribution in [-0.4, -0.2) is 38.7 Å². The molecule has 102 valence electrons. The third kappa shape index (κ3) is 3.32. The maximum absolute atomic E-state index is 13.0. The lowest BCUT2D eigenvalue weighted by molar-refractivity contribution is -0.142. The molecule has 0 aliphatic carbocycles. The maximum Gasteiger partial charge on any atom is 0.302 e. The van der Waals surface area contributed by atoms with Crippen LogP contribution in [0.5, 0.6) is 0 Å². The van der Waals surface area contributed by atoms with Crippen molar-refractivity contribution in [2.45, 2.75) is 13.7 Å². The number of aromatic nitrogens is 4. The third-order valence-electron chi connectivity index (χ3n) is 2.22. The first-order chi connectivity index (χ1) is 9.08. The molecule has 1 N–H and O–H groups in total. The Morgan fingerprint density at radius 1 is 1.58 bits per heavy atom. The highest BCUT2D eigenvalue weighted by molar-refractivity contribution is 7.71. The van der Waals surface area contributed by atoms with Gasteiger partial charge >= 0.3 is 5.97 Å². The average molecular weight is 286 g/mol. The molecule has 0 spiro atoms. The molecule has 7 nitrogen and oxygen atoms in total. The Kier molecular flexibility index (Phi) is 4.17. The summed E-state index contributed by atoms with van der Waals surface area (Å²) in [4.78, 5) is 20.4. The van der Waals surface area contributed by atoms with Crippen LogP contribution in [0.4, 0.5) is 4.39 Å². The largest absolute Gasteiger partial charge is 0.463 e. The molecule has 0 aromatic carbocycles. The van der Waals surface area contributed by atoms with Crippen LogP contribution in [0.3, 0.4) is 0 Å². The fourth-order valence-electron chi connectivity index (χ4n) is 1.47. The predicted molar refractivity (Wildman–Crippen MR) is 65.3 cm³/mol. The number of H-pyrrole nitrogens is 1. The lowest BCUT2D eigenvalue weighted by Crippen LogP contribution is -2.10. The molecule has 0 fully saturated rings. The number of fused-ring (bicyclic) bond motifs is 1. The molecule has 0 radical (unpaired) electrons. The highest BCUT2D eigenvalue weighted by Gasteiger charge is 2.07. The van der Waals surface area contributed by atoms with Crippen LogP contribution in [-0.2, 0) is 21.0 Å². The van der Waals surface area contributed by atoms with Gasteiger partial charge in [0.05, 0.1) is 12.9 Å². The van der Waals surface area contributed by atoms with Gasteiger partial charge in [0.15, 0.2) is 10.3 Å². The number of carbonyl (C=O) groups is 1. The standard InChI is InChI=1S/C10H11FN4O3S/c1-6(16)18-3-2-17-5-15-4-12-8-7(15)9(19)14-10(11)13-8/h4H,2-3,5H2,1H3,(H,13,14,19). The van der Waals surface area contributed by atoms with E-state index in [1.165, 1.54) is 13.3 Å². The Morgan fingerprint density at radius 3 is 3.11 bits per heavy atom. The van der Waals surface area contributed by atoms with Gasteiger partial charge in [-0.2, -0.15) is 9.37 Å². The number of halogens is 1. The second kappa shape index (κ2) is 5.85. The van der Waals surface area contributed by atoms with E-state index in [4.69, 9.17) is 21.7 Å². The zero-order valence-electron chi connectivity index (χ0n) is 10.1. The first kappa shape index (κ1) is 13.6. The zero-order chi connectivity index (χ0) is 13.8. The molecule has 0 saturated carbocycles. The minimum absolute atomic E-state index is 0.104. The molecule has 2 heterocycles. The molecule has 0 bridgehead atoms. The van der Waals surface area contributed by atoms with Crippen molar-refractivity contribution >= 4 is 29.4 Å². The van der Waals surface area contributed by atoms with Gasteiger partial charge in [0.25, 0.3) is 6.08 Å². The first-order valence-electron chi connectivity index (χ1n) is 5.39. The number of rotatable bonds is 5. The van der Waals surface area contributed by atoms with E-state index in [1.807, 2.05) is 0 Å². The lowest BCUT2D eigenvalue weighted by atomic mass is 10.5. The van der Waals surface area contributed by atoms with Gasteiger partial charge in [-0.25, -0.2) is 4.98 Å². The average Bonchev–Trinajstić information content (AvgIpc) is 2.71. The maximum atomic E-state index is 13.0. The van der Waals surface area contributed by atoms with Crippen LogP contribution in [0.1, 0.15) is 6.92 Å². The van der Waals surface area contributed by atoms with Crippen molar-refractivity contribution in [3.63, 3.8) is 0 Å². The summed E-state index contributed by atoms with van der Waals surface area (Å²) in [5.41, 5.74) is 0.796. The quantitative estimate of drug-likeness (QED) is 0.384. The fourth-order valence-corrected chi connectivity index (χ4v) is 1.76. The highest BCUT2D eigenvalue weighted by Crippen LogP contribution is 2.11. The van der Waals surface area contributed by atoms with E-state index < -0.39 is 6.08 Å². The smallest absolute Gasteiger partial charge is 0.302 e. The van der Waals surface area contributed by atoms with E-state index >= 15 is 0 Å². The molecular formula is C10H11FN4O3S. The van der Waals surface area contributed by atoms with E-state index in [0.717, 1.165) is 0 Å². The number of hydrogen-bond acceptors (Lipinski definition) is 6. The minimum atomic E-state index is -0.779. The molecule has 0 atom stereocenters. The van der Waals surface area contributed by atoms with Crippen molar-refractivity contribution in [3.8, 4) is 0 Å². The second-order valence-corrected chi connectivity index (χ2v) is 4.01. The van der Waals surface area contributed by atoms with Crippen LogP contribution < -0.4 is 0 Å². The Bertz CT molecular complexity index is 654. The van der Waals surface area contributed by atoms with Crippen molar-refractivity contribution in [2.75, 3.05) is 13.2 Å². The number of hydrogen-bond donors (Lipinski definition) is 1. The Morgan fingerprint density at radius 2 is 2.37 bits per heavy atom. The molecule has 0 aliphatic rings. The number of carbonyl (C=O) groups excluding carboxylic acids is 1. The Balaban J connectivity index is 2.02. The lowest BCUT2D eigenvalue weighted by Gasteiger charge is -2.06. The number of esters is 1. The van der Waals surface area contributed by atoms with E-state index in [2.05, 4.69) is 15.0 Å². The molecule has 2 rings (SSSR count). The van der Waals surface area contributed by atoms with Crippen LogP contribution >= 0.6 is 12.2 Å². The molecular weight excluding hydrogens is 275 g/mol. The number of nitrogens with one attached hydrogen (secondary N) is 1. The van der Waals surface area contributed by atoms with Crippen molar-refractivity contribution in [2.24, 2.45) is 0 Å². The Labute approximate surface area is 112 Å². The normalized spacial score (nSPS) is 10.8. The van der Waals surface area contributed by atoms with Crippen molar-refractivity contribution < 1.29 is 18.7 Å². The first-order valence-corrected chi connectivity index (χ1v) is 5.80. The molecule has 0 saturated heterocycles. The summed E-state index contributed by atoms with van der Waals surface area (Å²) in [5, 5.41) is 0. The van der Waals surface area contributed by atoms with Gasteiger partial charge in [0, 0.05) is 6.92 Å². The molecule has 2 aromatic heterocycles. The van der Waals surface area contributed by atoms with Crippen molar-refractivity contribution in [1.82, 2.24) is 19.5 Å².